The first kappa shape index (κ1) is 23.1. The van der Waals surface area contributed by atoms with E-state index in [1.54, 1.807) is 0 Å². The molecule has 0 spiro atoms. The van der Waals surface area contributed by atoms with Crippen LogP contribution < -0.4 is 0 Å². The zero-order valence-electron chi connectivity index (χ0n) is 15.0. The number of hydrogen-bond acceptors (Lipinski definition) is 0. The molecule has 0 radical (unpaired) electrons. The van der Waals surface area contributed by atoms with Gasteiger partial charge in [-0.1, -0.05) is 101 Å². The van der Waals surface area contributed by atoms with Gasteiger partial charge in [-0.15, -0.1) is 0 Å². The lowest BCUT2D eigenvalue weighted by atomic mass is 9.98. The summed E-state index contributed by atoms with van der Waals surface area (Å²) < 4.78 is 0. The van der Waals surface area contributed by atoms with Crippen LogP contribution in [-0.4, -0.2) is 0 Å². The third kappa shape index (κ3) is 36.0. The van der Waals surface area contributed by atoms with E-state index in [1.807, 2.05) is 0 Å². The summed E-state index contributed by atoms with van der Waals surface area (Å²) in [4.78, 5) is 0. The van der Waals surface area contributed by atoms with Crippen molar-refractivity contribution in [1.29, 1.82) is 0 Å². The summed E-state index contributed by atoms with van der Waals surface area (Å²) in [5.41, 5.74) is 0. The molecular formula is C18H42. The molecule has 114 valence electrons. The van der Waals surface area contributed by atoms with E-state index in [4.69, 9.17) is 0 Å². The van der Waals surface area contributed by atoms with Crippen molar-refractivity contribution < 1.29 is 0 Å². The van der Waals surface area contributed by atoms with Crippen LogP contribution in [0.5, 0.6) is 0 Å². The van der Waals surface area contributed by atoms with Gasteiger partial charge < -0.3 is 0 Å². The molecule has 0 aromatic heterocycles. The molecule has 0 N–H and O–H groups in total. The van der Waals surface area contributed by atoms with Gasteiger partial charge in [0.1, 0.15) is 0 Å². The average molecular weight is 259 g/mol. The Balaban J connectivity index is -0.000000200. The van der Waals surface area contributed by atoms with E-state index in [-0.39, 0.29) is 0 Å². The minimum atomic E-state index is 0.833. The Hall–Kier alpha value is 0. The van der Waals surface area contributed by atoms with Crippen LogP contribution in [0.15, 0.2) is 0 Å². The van der Waals surface area contributed by atoms with Gasteiger partial charge in [0.25, 0.3) is 0 Å². The Bertz CT molecular complexity index is 106. The van der Waals surface area contributed by atoms with Crippen molar-refractivity contribution in [2.45, 2.75) is 101 Å². The molecule has 0 unspecified atom stereocenters. The normalized spacial score (nSPS) is 10.0. The molecule has 0 rings (SSSR count). The van der Waals surface area contributed by atoms with E-state index in [2.05, 4.69) is 62.3 Å². The van der Waals surface area contributed by atoms with Crippen molar-refractivity contribution in [2.75, 3.05) is 0 Å². The third-order valence-electron chi connectivity index (χ3n) is 2.72. The molecule has 0 nitrogen and oxygen atoms in total. The zero-order valence-corrected chi connectivity index (χ0v) is 15.0. The predicted octanol–water partition coefficient (Wildman–Crippen LogP) is 7.33. The van der Waals surface area contributed by atoms with Crippen LogP contribution >= 0.6 is 0 Å². The maximum Gasteiger partial charge on any atom is -0.0420 e. The first-order chi connectivity index (χ1) is 8.35. The summed E-state index contributed by atoms with van der Waals surface area (Å²) in [5, 5.41) is 0. The second-order valence-electron chi connectivity index (χ2n) is 6.39. The van der Waals surface area contributed by atoms with Crippen LogP contribution in [0.25, 0.3) is 0 Å². The van der Waals surface area contributed by atoms with E-state index >= 15 is 0 Å². The minimum absolute atomic E-state index is 0.833. The molecule has 0 aliphatic rings. The fourth-order valence-electron chi connectivity index (χ4n) is 1.68. The van der Waals surface area contributed by atoms with Crippen molar-refractivity contribution >= 4 is 0 Å². The van der Waals surface area contributed by atoms with Gasteiger partial charge >= 0.3 is 0 Å². The van der Waals surface area contributed by atoms with E-state index in [0.29, 0.717) is 0 Å². The fourth-order valence-corrected chi connectivity index (χ4v) is 1.68. The monoisotopic (exact) mass is 258 g/mol. The Morgan fingerprint density at radius 3 is 1.00 bits per heavy atom. The lowest BCUT2D eigenvalue weighted by Crippen LogP contribution is -1.94. The van der Waals surface area contributed by atoms with Crippen LogP contribution in [0.4, 0.5) is 0 Å². The summed E-state index contributed by atoms with van der Waals surface area (Å²) in [5.74, 6) is 2.73. The molecule has 18 heavy (non-hydrogen) atoms. The fraction of sp³-hybridized carbons (Fsp3) is 1.00. The predicted molar refractivity (Wildman–Crippen MR) is 89.2 cm³/mol. The van der Waals surface area contributed by atoms with Crippen LogP contribution in [0, 0.1) is 17.8 Å². The molecule has 0 saturated carbocycles. The molecule has 0 fully saturated rings. The van der Waals surface area contributed by atoms with Gasteiger partial charge in [0.15, 0.2) is 0 Å². The van der Waals surface area contributed by atoms with Gasteiger partial charge in [0.05, 0.1) is 0 Å². The third-order valence-corrected chi connectivity index (χ3v) is 2.72. The summed E-state index contributed by atoms with van der Waals surface area (Å²) in [7, 11) is 0. The van der Waals surface area contributed by atoms with Gasteiger partial charge in [0, 0.05) is 0 Å². The molecule has 0 aromatic carbocycles. The van der Waals surface area contributed by atoms with E-state index in [1.165, 1.54) is 38.5 Å². The van der Waals surface area contributed by atoms with Gasteiger partial charge in [-0.05, 0) is 17.8 Å². The summed E-state index contributed by atoms with van der Waals surface area (Å²) in [6, 6.07) is 0. The molecule has 0 heteroatoms. The Kier molecular flexibility index (Phi) is 24.8. The summed E-state index contributed by atoms with van der Waals surface area (Å²) >= 11 is 0. The maximum atomic E-state index is 2.28. The minimum Gasteiger partial charge on any atom is -0.0654 e. The highest BCUT2D eigenvalue weighted by atomic mass is 14.0. The highest BCUT2D eigenvalue weighted by Crippen LogP contribution is 2.13. The summed E-state index contributed by atoms with van der Waals surface area (Å²) in [6.45, 7) is 20.1. The molecular weight excluding hydrogens is 216 g/mol. The molecule has 0 saturated heterocycles. The van der Waals surface area contributed by atoms with Crippen molar-refractivity contribution in [3.05, 3.63) is 0 Å². The Labute approximate surface area is 119 Å². The van der Waals surface area contributed by atoms with Crippen LogP contribution in [-0.2, 0) is 0 Å². The molecule has 0 heterocycles. The van der Waals surface area contributed by atoms with E-state index in [0.717, 1.165) is 17.8 Å². The largest absolute Gasteiger partial charge is 0.0654 e. The number of rotatable bonds is 6. The molecule has 0 atom stereocenters. The van der Waals surface area contributed by atoms with Gasteiger partial charge in [-0.3, -0.25) is 0 Å². The average Bonchev–Trinajstić information content (AvgIpc) is 2.25. The first-order valence-corrected chi connectivity index (χ1v) is 8.35. The van der Waals surface area contributed by atoms with Crippen LogP contribution in [0.2, 0.25) is 0 Å². The van der Waals surface area contributed by atoms with Gasteiger partial charge in [-0.25, -0.2) is 0 Å². The molecule has 0 aromatic rings. The quantitative estimate of drug-likeness (QED) is 0.468. The lowest BCUT2D eigenvalue weighted by molar-refractivity contribution is 0.451. The highest BCUT2D eigenvalue weighted by Gasteiger charge is 1.98. The van der Waals surface area contributed by atoms with Crippen molar-refractivity contribution in [2.24, 2.45) is 17.8 Å². The van der Waals surface area contributed by atoms with Gasteiger partial charge in [-0.2, -0.15) is 0 Å². The SMILES string of the molecule is CC(C)C.CCCC(C)C.CCCC(CC)CC. The van der Waals surface area contributed by atoms with Crippen LogP contribution in [0.3, 0.4) is 0 Å². The maximum absolute atomic E-state index is 2.28. The van der Waals surface area contributed by atoms with E-state index in [9.17, 15) is 0 Å². The Morgan fingerprint density at radius 2 is 0.944 bits per heavy atom. The van der Waals surface area contributed by atoms with Crippen molar-refractivity contribution in [3.8, 4) is 0 Å². The topological polar surface area (TPSA) is 0 Å². The molecule has 0 aliphatic carbocycles. The number of hydrogen-bond donors (Lipinski definition) is 0. The van der Waals surface area contributed by atoms with Crippen molar-refractivity contribution in [3.63, 3.8) is 0 Å². The van der Waals surface area contributed by atoms with Crippen molar-refractivity contribution in [1.82, 2.24) is 0 Å². The highest BCUT2D eigenvalue weighted by molar-refractivity contribution is 4.51. The van der Waals surface area contributed by atoms with Crippen LogP contribution in [0.1, 0.15) is 101 Å². The smallest absolute Gasteiger partial charge is 0.0420 e. The molecule has 0 amide bonds. The van der Waals surface area contributed by atoms with E-state index < -0.39 is 0 Å². The first-order valence-electron chi connectivity index (χ1n) is 8.35. The standard InChI is InChI=1S/C8H18.C6H14.C4H10/c1-4-7-8(5-2)6-3;1-4-5-6(2)3;1-4(2)3/h8H,4-7H2,1-3H3;6H,4-5H2,1-3H3;4H,1-3H3. The zero-order chi connectivity index (χ0) is 15.0. The Morgan fingerprint density at radius 1 is 0.611 bits per heavy atom. The second-order valence-corrected chi connectivity index (χ2v) is 6.39. The molecule has 0 aliphatic heterocycles. The lowest BCUT2D eigenvalue weighted by Gasteiger charge is -2.08. The van der Waals surface area contributed by atoms with Gasteiger partial charge in [0.2, 0.25) is 0 Å². The molecule has 0 bridgehead atoms. The second kappa shape index (κ2) is 19.3. The summed E-state index contributed by atoms with van der Waals surface area (Å²) in [6.07, 6.45) is 8.21.